The number of likely N-dealkylation sites (tertiary alicyclic amines) is 1. The van der Waals surface area contributed by atoms with E-state index in [4.69, 9.17) is 0 Å². The third-order valence-corrected chi connectivity index (χ3v) is 3.65. The van der Waals surface area contributed by atoms with E-state index in [9.17, 15) is 0 Å². The fraction of sp³-hybridized carbons (Fsp3) is 0.400. The van der Waals surface area contributed by atoms with Crippen LogP contribution in [0.1, 0.15) is 18.4 Å². The molecule has 104 valence electrons. The number of anilines is 1. The Balaban J connectivity index is 1.47. The predicted molar refractivity (Wildman–Crippen MR) is 78.2 cm³/mol. The first-order chi connectivity index (χ1) is 9.90. The van der Waals surface area contributed by atoms with Crippen LogP contribution in [-0.4, -0.2) is 39.0 Å². The molecule has 0 amide bonds. The van der Waals surface area contributed by atoms with E-state index in [0.29, 0.717) is 6.04 Å². The Morgan fingerprint density at radius 1 is 1.15 bits per heavy atom. The molecule has 0 saturated carbocycles. The van der Waals surface area contributed by atoms with Gasteiger partial charge in [-0.2, -0.15) is 0 Å². The Hall–Kier alpha value is -2.01. The van der Waals surface area contributed by atoms with Crippen molar-refractivity contribution in [3.63, 3.8) is 0 Å². The van der Waals surface area contributed by atoms with Crippen molar-refractivity contribution in [3.05, 3.63) is 48.7 Å². The molecule has 0 aromatic carbocycles. The molecule has 1 saturated heterocycles. The fourth-order valence-electron chi connectivity index (χ4n) is 2.57. The number of hydrogen-bond donors (Lipinski definition) is 1. The Kier molecular flexibility index (Phi) is 4.18. The SMILES string of the molecule is c1cncc(CN2CCC(Nc3ccncn3)CC2)c1. The Morgan fingerprint density at radius 3 is 2.75 bits per heavy atom. The molecule has 2 aromatic rings. The minimum atomic E-state index is 0.509. The van der Waals surface area contributed by atoms with Gasteiger partial charge in [-0.25, -0.2) is 9.97 Å². The van der Waals surface area contributed by atoms with Gasteiger partial charge in [0.05, 0.1) is 0 Å². The van der Waals surface area contributed by atoms with Crippen LogP contribution >= 0.6 is 0 Å². The summed E-state index contributed by atoms with van der Waals surface area (Å²) in [5, 5.41) is 3.48. The lowest BCUT2D eigenvalue weighted by Gasteiger charge is -2.32. The number of pyridine rings is 1. The standard InChI is InChI=1S/C15H19N5/c1-2-13(10-16-6-1)11-20-8-4-14(5-9-20)19-15-3-7-17-12-18-15/h1-3,6-7,10,12,14H,4-5,8-9,11H2,(H,17,18,19). The molecule has 0 atom stereocenters. The maximum Gasteiger partial charge on any atom is 0.129 e. The lowest BCUT2D eigenvalue weighted by molar-refractivity contribution is 0.211. The van der Waals surface area contributed by atoms with E-state index in [1.54, 1.807) is 12.5 Å². The number of nitrogens with one attached hydrogen (secondary N) is 1. The molecule has 3 heterocycles. The lowest BCUT2D eigenvalue weighted by atomic mass is 10.0. The quantitative estimate of drug-likeness (QED) is 0.919. The summed E-state index contributed by atoms with van der Waals surface area (Å²) in [7, 11) is 0. The normalized spacial score (nSPS) is 17.0. The lowest BCUT2D eigenvalue weighted by Crippen LogP contribution is -2.38. The highest BCUT2D eigenvalue weighted by Gasteiger charge is 2.19. The van der Waals surface area contributed by atoms with Crippen LogP contribution in [0.3, 0.4) is 0 Å². The first-order valence-corrected chi connectivity index (χ1v) is 7.04. The molecule has 5 heteroatoms. The van der Waals surface area contributed by atoms with Gasteiger partial charge in [0.2, 0.25) is 0 Å². The van der Waals surface area contributed by atoms with Crippen LogP contribution < -0.4 is 5.32 Å². The van der Waals surface area contributed by atoms with E-state index >= 15 is 0 Å². The van der Waals surface area contributed by atoms with E-state index in [0.717, 1.165) is 38.3 Å². The monoisotopic (exact) mass is 269 g/mol. The molecule has 1 aliphatic heterocycles. The average Bonchev–Trinajstić information content (AvgIpc) is 2.51. The van der Waals surface area contributed by atoms with Crippen LogP contribution in [0.4, 0.5) is 5.82 Å². The second-order valence-electron chi connectivity index (χ2n) is 5.15. The van der Waals surface area contributed by atoms with Crippen LogP contribution in [0, 0.1) is 0 Å². The van der Waals surface area contributed by atoms with E-state index < -0.39 is 0 Å². The number of nitrogens with zero attached hydrogens (tertiary/aromatic N) is 4. The molecule has 0 unspecified atom stereocenters. The van der Waals surface area contributed by atoms with Gasteiger partial charge in [0, 0.05) is 44.3 Å². The van der Waals surface area contributed by atoms with E-state index in [1.807, 2.05) is 24.5 Å². The van der Waals surface area contributed by atoms with Gasteiger partial charge in [-0.15, -0.1) is 0 Å². The van der Waals surface area contributed by atoms with Crippen molar-refractivity contribution in [2.24, 2.45) is 0 Å². The van der Waals surface area contributed by atoms with Crippen LogP contribution in [0.25, 0.3) is 0 Å². The minimum absolute atomic E-state index is 0.509. The van der Waals surface area contributed by atoms with Gasteiger partial charge in [-0.1, -0.05) is 6.07 Å². The van der Waals surface area contributed by atoms with Crippen molar-refractivity contribution in [1.29, 1.82) is 0 Å². The van der Waals surface area contributed by atoms with Crippen LogP contribution in [0.5, 0.6) is 0 Å². The van der Waals surface area contributed by atoms with E-state index in [2.05, 4.69) is 31.2 Å². The molecule has 0 bridgehead atoms. The Bertz CT molecular complexity index is 459. The van der Waals surface area contributed by atoms with Gasteiger partial charge in [0.1, 0.15) is 12.1 Å². The zero-order chi connectivity index (χ0) is 13.6. The Labute approximate surface area is 119 Å². The van der Waals surface area contributed by atoms with Crippen LogP contribution in [0.15, 0.2) is 43.1 Å². The summed E-state index contributed by atoms with van der Waals surface area (Å²) in [5.41, 5.74) is 1.29. The molecular weight excluding hydrogens is 250 g/mol. The van der Waals surface area contributed by atoms with Crippen molar-refractivity contribution in [3.8, 4) is 0 Å². The van der Waals surface area contributed by atoms with E-state index in [1.165, 1.54) is 5.56 Å². The van der Waals surface area contributed by atoms with Crippen molar-refractivity contribution in [2.75, 3.05) is 18.4 Å². The molecular formula is C15H19N5. The van der Waals surface area contributed by atoms with Gasteiger partial charge < -0.3 is 5.32 Å². The van der Waals surface area contributed by atoms with Crippen molar-refractivity contribution < 1.29 is 0 Å². The number of rotatable bonds is 4. The molecule has 0 spiro atoms. The van der Waals surface area contributed by atoms with Crippen molar-refractivity contribution >= 4 is 5.82 Å². The first kappa shape index (κ1) is 13.0. The molecule has 20 heavy (non-hydrogen) atoms. The molecule has 5 nitrogen and oxygen atoms in total. The minimum Gasteiger partial charge on any atom is -0.367 e. The Morgan fingerprint density at radius 2 is 2.05 bits per heavy atom. The highest BCUT2D eigenvalue weighted by Crippen LogP contribution is 2.16. The predicted octanol–water partition coefficient (Wildman–Crippen LogP) is 1.95. The average molecular weight is 269 g/mol. The maximum atomic E-state index is 4.22. The molecule has 1 fully saturated rings. The summed E-state index contributed by atoms with van der Waals surface area (Å²) in [6.45, 7) is 3.21. The highest BCUT2D eigenvalue weighted by atomic mass is 15.1. The molecule has 2 aromatic heterocycles. The largest absolute Gasteiger partial charge is 0.367 e. The number of aromatic nitrogens is 3. The summed E-state index contributed by atoms with van der Waals surface area (Å²) >= 11 is 0. The molecule has 1 N–H and O–H groups in total. The number of piperidine rings is 1. The maximum absolute atomic E-state index is 4.22. The molecule has 0 radical (unpaired) electrons. The van der Waals surface area contributed by atoms with Crippen LogP contribution in [-0.2, 0) is 6.54 Å². The summed E-state index contributed by atoms with van der Waals surface area (Å²) in [6.07, 6.45) is 9.41. The van der Waals surface area contributed by atoms with E-state index in [-0.39, 0.29) is 0 Å². The van der Waals surface area contributed by atoms with Crippen molar-refractivity contribution in [2.45, 2.75) is 25.4 Å². The van der Waals surface area contributed by atoms with Gasteiger partial charge in [-0.05, 0) is 30.5 Å². The zero-order valence-corrected chi connectivity index (χ0v) is 11.4. The highest BCUT2D eigenvalue weighted by molar-refractivity contribution is 5.33. The van der Waals surface area contributed by atoms with Crippen molar-refractivity contribution in [1.82, 2.24) is 19.9 Å². The van der Waals surface area contributed by atoms with Crippen LogP contribution in [0.2, 0.25) is 0 Å². The molecule has 0 aliphatic carbocycles. The summed E-state index contributed by atoms with van der Waals surface area (Å²) in [6, 6.07) is 6.56. The zero-order valence-electron chi connectivity index (χ0n) is 11.4. The second-order valence-corrected chi connectivity index (χ2v) is 5.15. The van der Waals surface area contributed by atoms with Gasteiger partial charge in [0.25, 0.3) is 0 Å². The summed E-state index contributed by atoms with van der Waals surface area (Å²) < 4.78 is 0. The smallest absolute Gasteiger partial charge is 0.129 e. The number of hydrogen-bond acceptors (Lipinski definition) is 5. The molecule has 3 rings (SSSR count). The first-order valence-electron chi connectivity index (χ1n) is 7.04. The summed E-state index contributed by atoms with van der Waals surface area (Å²) in [4.78, 5) is 14.8. The summed E-state index contributed by atoms with van der Waals surface area (Å²) in [5.74, 6) is 0.922. The molecule has 1 aliphatic rings. The van der Waals surface area contributed by atoms with Gasteiger partial charge in [-0.3, -0.25) is 9.88 Å². The third-order valence-electron chi connectivity index (χ3n) is 3.65. The fourth-order valence-corrected chi connectivity index (χ4v) is 2.57. The third kappa shape index (κ3) is 3.51. The van der Waals surface area contributed by atoms with Gasteiger partial charge >= 0.3 is 0 Å². The topological polar surface area (TPSA) is 53.9 Å². The second kappa shape index (κ2) is 6.43. The van der Waals surface area contributed by atoms with Gasteiger partial charge in [0.15, 0.2) is 0 Å².